The molecule has 1 atom stereocenters. The molecule has 0 rings (SSSR count). The Morgan fingerprint density at radius 3 is 0.920 bits per heavy atom. The number of nitrogens with zero attached hydrogens (tertiary/aromatic N) is 3. The third-order valence-electron chi connectivity index (χ3n) is 0.632. The largest absolute Gasteiger partial charge is 0.870 e. The summed E-state index contributed by atoms with van der Waals surface area (Å²) in [5, 5.41) is 27.3. The predicted octanol–water partition coefficient (Wildman–Crippen LogP) is -2.97. The van der Waals surface area contributed by atoms with Gasteiger partial charge in [0, 0.05) is 12.4 Å². The summed E-state index contributed by atoms with van der Waals surface area (Å²) in [6.07, 6.45) is -2.89. The van der Waals surface area contributed by atoms with Crippen molar-refractivity contribution in [1.29, 1.82) is 0 Å². The summed E-state index contributed by atoms with van der Waals surface area (Å²) >= 11 is 0. The molecule has 156 valence electrons. The van der Waals surface area contributed by atoms with E-state index < -0.39 is 24.5 Å². The number of carbonyl (C=O) groups is 2. The first-order valence-electron chi connectivity index (χ1n) is 7.49. The lowest BCUT2D eigenvalue weighted by molar-refractivity contribution is -0.849. The predicted molar refractivity (Wildman–Crippen MR) is 94.4 cm³/mol. The second-order valence-corrected chi connectivity index (χ2v) is 9.46. The van der Waals surface area contributed by atoms with Crippen LogP contribution in [0.2, 0.25) is 0 Å². The van der Waals surface area contributed by atoms with Gasteiger partial charge >= 0.3 is 0 Å². The van der Waals surface area contributed by atoms with Crippen LogP contribution in [0, 0.1) is 0 Å². The van der Waals surface area contributed by atoms with Crippen LogP contribution in [-0.4, -0.2) is 127 Å². The molecule has 0 saturated heterocycles. The molecule has 1 unspecified atom stereocenters. The zero-order valence-corrected chi connectivity index (χ0v) is 18.2. The maximum absolute atomic E-state index is 9.58. The topological polar surface area (TPSA) is 130 Å². The smallest absolute Gasteiger partial charge is 0.0985 e. The number of aliphatic hydroxyl groups is 1. The van der Waals surface area contributed by atoms with Crippen molar-refractivity contribution in [3.8, 4) is 0 Å². The molecule has 0 radical (unpaired) electrons. The molecule has 9 heteroatoms. The van der Waals surface area contributed by atoms with Crippen LogP contribution in [0.5, 0.6) is 0 Å². The molecule has 0 aromatic carbocycles. The molecule has 0 aliphatic heterocycles. The molecular weight excluding hydrogens is 330 g/mol. The highest BCUT2D eigenvalue weighted by molar-refractivity contribution is 5.76. The second-order valence-electron chi connectivity index (χ2n) is 9.46. The molecule has 0 aromatic heterocycles. The fourth-order valence-electron chi connectivity index (χ4n) is 0.241. The van der Waals surface area contributed by atoms with Crippen molar-refractivity contribution in [2.24, 2.45) is 0 Å². The molecule has 9 nitrogen and oxygen atoms in total. The number of aliphatic carboxylic acids is 2. The van der Waals surface area contributed by atoms with E-state index in [0.29, 0.717) is 0 Å². The number of aliphatic hydroxyl groups excluding tert-OH is 1. The van der Waals surface area contributed by atoms with E-state index in [1.54, 1.807) is 0 Å². The average Bonchev–Trinajstić information content (AvgIpc) is 2.06. The van der Waals surface area contributed by atoms with Gasteiger partial charge in [-0.25, -0.2) is 0 Å². The Morgan fingerprint density at radius 2 is 0.880 bits per heavy atom. The summed E-state index contributed by atoms with van der Waals surface area (Å²) in [5.41, 5.74) is 0. The SMILES string of the molecule is C[N+](C)(C)C.C[N+](C)(C)C.C[N+](C)(C)C.O=C([O-])CC(O)C(=O)[O-].[OH-]. The summed E-state index contributed by atoms with van der Waals surface area (Å²) in [6.45, 7) is 0. The normalized spacial score (nSPS) is 11.7. The monoisotopic (exact) mass is 371 g/mol. The Kier molecular flexibility index (Phi) is 21.0. The van der Waals surface area contributed by atoms with Gasteiger partial charge in [-0.15, -0.1) is 0 Å². The Balaban J connectivity index is -0.0000000733. The van der Waals surface area contributed by atoms with Gasteiger partial charge in [0.1, 0.15) is 0 Å². The fraction of sp³-hybridized carbons (Fsp3) is 0.875. The highest BCUT2D eigenvalue weighted by atomic mass is 16.4. The van der Waals surface area contributed by atoms with E-state index in [0.717, 1.165) is 13.4 Å². The van der Waals surface area contributed by atoms with Gasteiger partial charge in [0.15, 0.2) is 0 Å². The van der Waals surface area contributed by atoms with Crippen LogP contribution in [0.25, 0.3) is 0 Å². The molecule has 25 heavy (non-hydrogen) atoms. The van der Waals surface area contributed by atoms with Gasteiger partial charge in [-0.05, 0) is 0 Å². The molecular formula is C16H41N3O6. The van der Waals surface area contributed by atoms with Crippen LogP contribution in [0.4, 0.5) is 0 Å². The quantitative estimate of drug-likeness (QED) is 0.527. The minimum absolute atomic E-state index is 0. The lowest BCUT2D eigenvalue weighted by Crippen LogP contribution is -2.39. The highest BCUT2D eigenvalue weighted by Crippen LogP contribution is 1.85. The van der Waals surface area contributed by atoms with Gasteiger partial charge in [0.25, 0.3) is 0 Å². The third kappa shape index (κ3) is 215. The van der Waals surface area contributed by atoms with Crippen molar-refractivity contribution in [1.82, 2.24) is 0 Å². The van der Waals surface area contributed by atoms with Crippen LogP contribution in [0.15, 0.2) is 0 Å². The zero-order valence-electron chi connectivity index (χ0n) is 18.2. The minimum Gasteiger partial charge on any atom is -0.870 e. The molecule has 2 N–H and O–H groups in total. The highest BCUT2D eigenvalue weighted by Gasteiger charge is 2.03. The minimum atomic E-state index is -1.96. The molecule has 0 aliphatic carbocycles. The molecule has 0 heterocycles. The standard InChI is InChI=1S/3C4H12N.C4H6O5.H2O/c3*1-5(2,3)4;5-2(4(8)9)1-3(6)7;/h3*1-4H3;2,5H,1H2,(H,6,7)(H,8,9);1H2/q3*+1;;/p-3. The molecule has 0 bridgehead atoms. The summed E-state index contributed by atoms with van der Waals surface area (Å²) in [7, 11) is 25.5. The van der Waals surface area contributed by atoms with Gasteiger partial charge in [-0.2, -0.15) is 0 Å². The van der Waals surface area contributed by atoms with E-state index in [1.807, 2.05) is 0 Å². The number of hydrogen-bond acceptors (Lipinski definition) is 6. The first kappa shape index (κ1) is 35.0. The number of carboxylic acid groups (broad SMARTS) is 2. The lowest BCUT2D eigenvalue weighted by Gasteiger charge is -2.14. The molecule has 0 aliphatic rings. The maximum Gasteiger partial charge on any atom is 0.0985 e. The Labute approximate surface area is 153 Å². The number of carboxylic acids is 2. The summed E-state index contributed by atoms with van der Waals surface area (Å²) < 4.78 is 3.00. The second kappa shape index (κ2) is 15.0. The van der Waals surface area contributed by atoms with Gasteiger partial charge < -0.3 is 43.8 Å². The van der Waals surface area contributed by atoms with Gasteiger partial charge in [0.05, 0.1) is 96.6 Å². The van der Waals surface area contributed by atoms with Gasteiger partial charge in [-0.3, -0.25) is 0 Å². The lowest BCUT2D eigenvalue weighted by atomic mass is 10.3. The van der Waals surface area contributed by atoms with Crippen molar-refractivity contribution in [2.75, 3.05) is 84.6 Å². The van der Waals surface area contributed by atoms with Crippen LogP contribution in [0.3, 0.4) is 0 Å². The third-order valence-corrected chi connectivity index (χ3v) is 0.632. The van der Waals surface area contributed by atoms with Crippen molar-refractivity contribution < 1.29 is 43.8 Å². The van der Waals surface area contributed by atoms with Crippen molar-refractivity contribution in [3.63, 3.8) is 0 Å². The zero-order chi connectivity index (χ0) is 20.9. The first-order chi connectivity index (χ1) is 10.0. The first-order valence-corrected chi connectivity index (χ1v) is 7.49. The van der Waals surface area contributed by atoms with Crippen LogP contribution >= 0.6 is 0 Å². The van der Waals surface area contributed by atoms with Crippen molar-refractivity contribution >= 4 is 11.9 Å². The number of hydrogen-bond donors (Lipinski definition) is 1. The summed E-state index contributed by atoms with van der Waals surface area (Å²) in [4.78, 5) is 19.1. The van der Waals surface area contributed by atoms with Crippen molar-refractivity contribution in [3.05, 3.63) is 0 Å². The average molecular weight is 372 g/mol. The Hall–Kier alpha value is -1.26. The Bertz CT molecular complexity index is 295. The summed E-state index contributed by atoms with van der Waals surface area (Å²) in [5.74, 6) is -3.43. The summed E-state index contributed by atoms with van der Waals surface area (Å²) in [6, 6.07) is 0. The van der Waals surface area contributed by atoms with E-state index in [9.17, 15) is 19.8 Å². The van der Waals surface area contributed by atoms with E-state index in [2.05, 4.69) is 84.6 Å². The van der Waals surface area contributed by atoms with Gasteiger partial charge in [-0.1, -0.05) is 0 Å². The maximum atomic E-state index is 9.58. The molecule has 0 amide bonds. The van der Waals surface area contributed by atoms with E-state index >= 15 is 0 Å². The number of rotatable bonds is 3. The van der Waals surface area contributed by atoms with Crippen LogP contribution in [-0.2, 0) is 9.59 Å². The molecule has 0 saturated carbocycles. The molecule has 0 aromatic rings. The molecule has 0 fully saturated rings. The van der Waals surface area contributed by atoms with E-state index in [-0.39, 0.29) is 5.48 Å². The van der Waals surface area contributed by atoms with E-state index in [4.69, 9.17) is 5.11 Å². The number of quaternary nitrogens is 3. The Morgan fingerprint density at radius 1 is 0.720 bits per heavy atom. The van der Waals surface area contributed by atoms with Gasteiger partial charge in [0.2, 0.25) is 0 Å². The number of carbonyl (C=O) groups excluding carboxylic acids is 2. The van der Waals surface area contributed by atoms with Crippen LogP contribution in [0.1, 0.15) is 6.42 Å². The molecule has 0 spiro atoms. The van der Waals surface area contributed by atoms with E-state index in [1.165, 1.54) is 0 Å². The fourth-order valence-corrected chi connectivity index (χ4v) is 0.241. The van der Waals surface area contributed by atoms with Crippen molar-refractivity contribution in [2.45, 2.75) is 12.5 Å². The van der Waals surface area contributed by atoms with Crippen LogP contribution < -0.4 is 10.2 Å².